The maximum absolute atomic E-state index is 12.8. The van der Waals surface area contributed by atoms with E-state index >= 15 is 0 Å². The molecular formula is C15H10ClNO4S. The van der Waals surface area contributed by atoms with Crippen molar-refractivity contribution in [3.8, 4) is 0 Å². The first-order valence-electron chi connectivity index (χ1n) is 6.26. The number of aromatic amines is 1. The van der Waals surface area contributed by atoms with Crippen molar-refractivity contribution in [2.24, 2.45) is 0 Å². The number of halogens is 1. The second-order valence-electron chi connectivity index (χ2n) is 4.64. The number of para-hydroxylation sites is 1. The molecule has 0 saturated heterocycles. The van der Waals surface area contributed by atoms with Crippen LogP contribution in [0.3, 0.4) is 0 Å². The van der Waals surface area contributed by atoms with Gasteiger partial charge in [0.25, 0.3) is 0 Å². The number of carbonyl (C=O) groups is 1. The molecule has 0 radical (unpaired) electrons. The Morgan fingerprint density at radius 3 is 2.32 bits per heavy atom. The standard InChI is InChI=1S/C15H10ClNO4S/c16-9-5-7-10(8-6-9)22(20,21)14-11-3-1-2-4-12(11)17-13(14)15(18)19/h1-8,17H,(H,18,19). The van der Waals surface area contributed by atoms with Crippen molar-refractivity contribution in [1.82, 2.24) is 4.98 Å². The quantitative estimate of drug-likeness (QED) is 0.768. The minimum atomic E-state index is -3.99. The molecule has 3 aromatic rings. The van der Waals surface area contributed by atoms with E-state index in [9.17, 15) is 18.3 Å². The van der Waals surface area contributed by atoms with Crippen molar-refractivity contribution in [2.75, 3.05) is 0 Å². The summed E-state index contributed by atoms with van der Waals surface area (Å²) in [6, 6.07) is 12.2. The lowest BCUT2D eigenvalue weighted by Gasteiger charge is -2.05. The fourth-order valence-corrected chi connectivity index (χ4v) is 4.01. The van der Waals surface area contributed by atoms with Crippen LogP contribution in [-0.4, -0.2) is 24.5 Å². The third-order valence-corrected chi connectivity index (χ3v) is 5.37. The average molecular weight is 336 g/mol. The zero-order valence-corrected chi connectivity index (χ0v) is 12.6. The molecule has 0 saturated carbocycles. The molecule has 0 fully saturated rings. The number of rotatable bonds is 3. The summed E-state index contributed by atoms with van der Waals surface area (Å²) < 4.78 is 25.6. The summed E-state index contributed by atoms with van der Waals surface area (Å²) in [5, 5.41) is 10.0. The third kappa shape index (κ3) is 2.26. The largest absolute Gasteiger partial charge is 0.477 e. The predicted octanol–water partition coefficient (Wildman–Crippen LogP) is 3.35. The summed E-state index contributed by atoms with van der Waals surface area (Å²) >= 11 is 5.77. The molecule has 0 aliphatic rings. The Balaban J connectivity index is 2.35. The summed E-state index contributed by atoms with van der Waals surface area (Å²) in [6.07, 6.45) is 0. The van der Waals surface area contributed by atoms with Crippen molar-refractivity contribution in [1.29, 1.82) is 0 Å². The third-order valence-electron chi connectivity index (χ3n) is 3.26. The van der Waals surface area contributed by atoms with E-state index in [1.54, 1.807) is 24.3 Å². The summed E-state index contributed by atoms with van der Waals surface area (Å²) in [5.74, 6) is -1.33. The molecule has 0 unspecified atom stereocenters. The predicted molar refractivity (Wildman–Crippen MR) is 82.2 cm³/mol. The lowest BCUT2D eigenvalue weighted by Crippen LogP contribution is -2.08. The second-order valence-corrected chi connectivity index (χ2v) is 6.96. The van der Waals surface area contributed by atoms with Gasteiger partial charge in [0.1, 0.15) is 10.6 Å². The fourth-order valence-electron chi connectivity index (χ4n) is 2.28. The van der Waals surface area contributed by atoms with Gasteiger partial charge in [-0.2, -0.15) is 0 Å². The van der Waals surface area contributed by atoms with Crippen LogP contribution in [-0.2, 0) is 9.84 Å². The molecule has 5 nitrogen and oxygen atoms in total. The van der Waals surface area contributed by atoms with Crippen LogP contribution in [0.4, 0.5) is 0 Å². The van der Waals surface area contributed by atoms with Crippen LogP contribution in [0.15, 0.2) is 58.3 Å². The molecule has 2 aromatic carbocycles. The first kappa shape index (κ1) is 14.6. The van der Waals surface area contributed by atoms with E-state index < -0.39 is 15.8 Å². The van der Waals surface area contributed by atoms with E-state index in [1.807, 2.05) is 0 Å². The topological polar surface area (TPSA) is 87.2 Å². The zero-order valence-electron chi connectivity index (χ0n) is 11.1. The highest BCUT2D eigenvalue weighted by atomic mass is 35.5. The van der Waals surface area contributed by atoms with Gasteiger partial charge in [-0.25, -0.2) is 13.2 Å². The van der Waals surface area contributed by atoms with Crippen LogP contribution in [0.2, 0.25) is 5.02 Å². The highest BCUT2D eigenvalue weighted by Gasteiger charge is 2.29. The molecule has 1 heterocycles. The molecule has 7 heteroatoms. The minimum Gasteiger partial charge on any atom is -0.477 e. The van der Waals surface area contributed by atoms with Crippen LogP contribution < -0.4 is 0 Å². The maximum atomic E-state index is 12.8. The van der Waals surface area contributed by atoms with E-state index in [0.717, 1.165) is 0 Å². The number of nitrogens with one attached hydrogen (secondary N) is 1. The van der Waals surface area contributed by atoms with Gasteiger partial charge in [-0.1, -0.05) is 29.8 Å². The van der Waals surface area contributed by atoms with E-state index in [-0.39, 0.29) is 15.5 Å². The number of carboxylic acid groups (broad SMARTS) is 1. The number of aromatic nitrogens is 1. The maximum Gasteiger partial charge on any atom is 0.353 e. The van der Waals surface area contributed by atoms with Gasteiger partial charge in [-0.05, 0) is 30.3 Å². The Labute approximate surface area is 131 Å². The Morgan fingerprint density at radius 1 is 1.05 bits per heavy atom. The number of hydrogen-bond acceptors (Lipinski definition) is 3. The van der Waals surface area contributed by atoms with Crippen LogP contribution in [0.25, 0.3) is 10.9 Å². The van der Waals surface area contributed by atoms with E-state index in [4.69, 9.17) is 11.6 Å². The smallest absolute Gasteiger partial charge is 0.353 e. The molecular weight excluding hydrogens is 326 g/mol. The normalized spacial score (nSPS) is 11.7. The number of hydrogen-bond donors (Lipinski definition) is 2. The molecule has 0 spiro atoms. The summed E-state index contributed by atoms with van der Waals surface area (Å²) in [4.78, 5) is 13.8. The van der Waals surface area contributed by atoms with Crippen molar-refractivity contribution < 1.29 is 18.3 Å². The van der Waals surface area contributed by atoms with E-state index in [1.165, 1.54) is 24.3 Å². The molecule has 112 valence electrons. The lowest BCUT2D eigenvalue weighted by molar-refractivity contribution is 0.0687. The Bertz CT molecular complexity index is 974. The van der Waals surface area contributed by atoms with Crippen LogP contribution >= 0.6 is 11.6 Å². The number of fused-ring (bicyclic) bond motifs is 1. The van der Waals surface area contributed by atoms with Crippen molar-refractivity contribution >= 4 is 38.3 Å². The van der Waals surface area contributed by atoms with E-state index in [2.05, 4.69) is 4.98 Å². The van der Waals surface area contributed by atoms with Gasteiger partial charge in [0.15, 0.2) is 0 Å². The Morgan fingerprint density at radius 2 is 1.68 bits per heavy atom. The van der Waals surface area contributed by atoms with Crippen molar-refractivity contribution in [3.63, 3.8) is 0 Å². The van der Waals surface area contributed by atoms with Crippen LogP contribution in [0, 0.1) is 0 Å². The number of sulfone groups is 1. The molecule has 0 atom stereocenters. The average Bonchev–Trinajstić information content (AvgIpc) is 2.88. The molecule has 0 aliphatic heterocycles. The van der Waals surface area contributed by atoms with Gasteiger partial charge >= 0.3 is 5.97 Å². The summed E-state index contributed by atoms with van der Waals surface area (Å²) in [6.45, 7) is 0. The number of benzene rings is 2. The minimum absolute atomic E-state index is 0.0100. The van der Waals surface area contributed by atoms with Crippen molar-refractivity contribution in [2.45, 2.75) is 9.79 Å². The molecule has 0 aliphatic carbocycles. The SMILES string of the molecule is O=C(O)c1[nH]c2ccccc2c1S(=O)(=O)c1ccc(Cl)cc1. The molecule has 2 N–H and O–H groups in total. The summed E-state index contributed by atoms with van der Waals surface area (Å²) in [5.41, 5.74) is 0.101. The Hall–Kier alpha value is -2.31. The molecule has 0 bridgehead atoms. The van der Waals surface area contributed by atoms with Gasteiger partial charge in [0.05, 0.1) is 4.90 Å². The van der Waals surface area contributed by atoms with Gasteiger partial charge in [-0.3, -0.25) is 0 Å². The van der Waals surface area contributed by atoms with Crippen molar-refractivity contribution in [3.05, 3.63) is 59.2 Å². The van der Waals surface area contributed by atoms with Crippen LogP contribution in [0.1, 0.15) is 10.5 Å². The zero-order chi connectivity index (χ0) is 15.9. The fraction of sp³-hybridized carbons (Fsp3) is 0. The van der Waals surface area contributed by atoms with Gasteiger partial charge in [-0.15, -0.1) is 0 Å². The highest BCUT2D eigenvalue weighted by Crippen LogP contribution is 2.32. The van der Waals surface area contributed by atoms with Gasteiger partial charge < -0.3 is 10.1 Å². The Kier molecular flexibility index (Phi) is 3.42. The number of H-pyrrole nitrogens is 1. The second kappa shape index (κ2) is 5.15. The van der Waals surface area contributed by atoms with E-state index in [0.29, 0.717) is 15.9 Å². The van der Waals surface area contributed by atoms with Gasteiger partial charge in [0, 0.05) is 15.9 Å². The number of aromatic carboxylic acids is 1. The summed E-state index contributed by atoms with van der Waals surface area (Å²) in [7, 11) is -3.99. The highest BCUT2D eigenvalue weighted by molar-refractivity contribution is 7.91. The first-order chi connectivity index (χ1) is 10.4. The molecule has 22 heavy (non-hydrogen) atoms. The monoisotopic (exact) mass is 335 g/mol. The van der Waals surface area contributed by atoms with Gasteiger partial charge in [0.2, 0.25) is 9.84 Å². The van der Waals surface area contributed by atoms with Crippen LogP contribution in [0.5, 0.6) is 0 Å². The molecule has 1 aromatic heterocycles. The first-order valence-corrected chi connectivity index (χ1v) is 8.12. The molecule has 0 amide bonds. The molecule has 3 rings (SSSR count). The lowest BCUT2D eigenvalue weighted by atomic mass is 10.2. The number of carboxylic acids is 1.